The van der Waals surface area contributed by atoms with Crippen LogP contribution in [0.15, 0.2) is 35.5 Å². The van der Waals surface area contributed by atoms with Crippen LogP contribution in [0.4, 0.5) is 9.83 Å². The Morgan fingerprint density at radius 1 is 1.23 bits per heavy atom. The molecule has 1 aliphatic heterocycles. The van der Waals surface area contributed by atoms with Gasteiger partial charge < -0.3 is 35.8 Å². The average Bonchev–Trinajstić information content (AvgIpc) is 3.36. The first-order valence-corrected chi connectivity index (χ1v) is 11.6. The minimum absolute atomic E-state index is 0.00949. The van der Waals surface area contributed by atoms with Gasteiger partial charge in [0.25, 0.3) is 5.91 Å². The molecule has 3 aromatic rings. The van der Waals surface area contributed by atoms with E-state index in [0.29, 0.717) is 0 Å². The van der Waals surface area contributed by atoms with E-state index in [1.54, 1.807) is 0 Å². The number of nitrogens with zero attached hydrogens (tertiary/aromatic N) is 4. The molecule has 2 aromatic heterocycles. The summed E-state index contributed by atoms with van der Waals surface area (Å²) >= 11 is 0. The molecular formula is C19H21FN6O8S. The Morgan fingerprint density at radius 2 is 1.94 bits per heavy atom. The largest absolute Gasteiger partial charge is 0.474 e. The molecule has 0 spiro atoms. The molecular weight excluding hydrogens is 491 g/mol. The number of nitrogens with two attached hydrogens (primary N) is 1. The number of rotatable bonds is 8. The van der Waals surface area contributed by atoms with Crippen LogP contribution in [0.1, 0.15) is 16.6 Å². The van der Waals surface area contributed by atoms with Crippen LogP contribution in [0.5, 0.6) is 5.88 Å². The summed E-state index contributed by atoms with van der Waals surface area (Å²) in [6.45, 7) is -0.546. The van der Waals surface area contributed by atoms with E-state index in [0.717, 1.165) is 12.1 Å². The molecule has 0 bridgehead atoms. The summed E-state index contributed by atoms with van der Waals surface area (Å²) in [5.74, 6) is -0.727. The Balaban J connectivity index is 1.42. The molecule has 6 N–H and O–H groups in total. The molecule has 1 saturated heterocycles. The Bertz CT molecular complexity index is 1340. The number of aliphatic hydroxyl groups excluding tert-OH is 3. The number of carbonyl (C=O) groups is 1. The molecule has 14 nitrogen and oxygen atoms in total. The van der Waals surface area contributed by atoms with Gasteiger partial charge in [0.15, 0.2) is 17.4 Å². The van der Waals surface area contributed by atoms with Crippen molar-refractivity contribution in [3.05, 3.63) is 36.2 Å². The smallest absolute Gasteiger partial charge is 0.332 e. The van der Waals surface area contributed by atoms with E-state index in [1.165, 1.54) is 23.0 Å². The van der Waals surface area contributed by atoms with Gasteiger partial charge in [-0.2, -0.15) is 18.4 Å². The van der Waals surface area contributed by atoms with Crippen molar-refractivity contribution in [2.75, 3.05) is 25.5 Å². The summed E-state index contributed by atoms with van der Waals surface area (Å²) in [6, 6.07) is 4.29. The Labute approximate surface area is 197 Å². The molecule has 0 unspecified atom stereocenters. The summed E-state index contributed by atoms with van der Waals surface area (Å²) < 4.78 is 47.1. The Kier molecular flexibility index (Phi) is 6.82. The molecule has 1 aromatic carbocycles. The fourth-order valence-corrected chi connectivity index (χ4v) is 3.95. The number of hydrogen-bond acceptors (Lipinski definition) is 12. The number of anilines is 1. The third kappa shape index (κ3) is 5.01. The summed E-state index contributed by atoms with van der Waals surface area (Å²) in [4.78, 5) is 23.9. The van der Waals surface area contributed by atoms with E-state index in [9.17, 15) is 32.4 Å². The van der Waals surface area contributed by atoms with Crippen molar-refractivity contribution in [1.29, 1.82) is 0 Å². The highest BCUT2D eigenvalue weighted by atomic mass is 32.3. The number of carbonyl (C=O) groups excluding carboxylic acids is 1. The van der Waals surface area contributed by atoms with Crippen LogP contribution in [0.3, 0.4) is 0 Å². The van der Waals surface area contributed by atoms with Crippen LogP contribution >= 0.6 is 0 Å². The van der Waals surface area contributed by atoms with Crippen molar-refractivity contribution < 1.29 is 41.9 Å². The highest BCUT2D eigenvalue weighted by Crippen LogP contribution is 2.33. The van der Waals surface area contributed by atoms with Gasteiger partial charge >= 0.3 is 10.2 Å². The molecule has 4 atom stereocenters. The van der Waals surface area contributed by atoms with Crippen molar-refractivity contribution in [2.24, 2.45) is 0 Å². The molecule has 1 amide bonds. The number of fused-ring (bicyclic) bond motifs is 1. The van der Waals surface area contributed by atoms with Gasteiger partial charge in [-0.1, -0.05) is 0 Å². The number of ether oxygens (including phenoxy) is 2. The van der Waals surface area contributed by atoms with Gasteiger partial charge in [0.05, 0.1) is 24.4 Å². The van der Waals surface area contributed by atoms with Gasteiger partial charge in [0.1, 0.15) is 24.9 Å². The fraction of sp³-hybridized carbons (Fsp3) is 0.368. The number of halogens is 1. The molecule has 0 aliphatic carbocycles. The van der Waals surface area contributed by atoms with Crippen molar-refractivity contribution >= 4 is 33.2 Å². The maximum Gasteiger partial charge on any atom is 0.332 e. The van der Waals surface area contributed by atoms with Crippen LogP contribution in [-0.4, -0.2) is 87.2 Å². The topological polar surface area (TPSA) is 212 Å². The predicted octanol–water partition coefficient (Wildman–Crippen LogP) is -1.51. The monoisotopic (exact) mass is 512 g/mol. The van der Waals surface area contributed by atoms with E-state index in [1.807, 2.05) is 0 Å². The zero-order chi connectivity index (χ0) is 25.3. The van der Waals surface area contributed by atoms with Crippen LogP contribution in [-0.2, 0) is 15.0 Å². The van der Waals surface area contributed by atoms with Gasteiger partial charge in [-0.15, -0.1) is 3.89 Å². The molecule has 35 heavy (non-hydrogen) atoms. The van der Waals surface area contributed by atoms with E-state index in [4.69, 9.17) is 15.2 Å². The summed E-state index contributed by atoms with van der Waals surface area (Å²) in [6.07, 6.45) is -3.48. The number of nitrogen functional groups attached to an aromatic ring is 1. The van der Waals surface area contributed by atoms with Crippen LogP contribution < -0.4 is 15.8 Å². The molecule has 3 heterocycles. The van der Waals surface area contributed by atoms with Crippen molar-refractivity contribution in [3.63, 3.8) is 0 Å². The maximum atomic E-state index is 13.0. The Hall–Kier alpha value is -3.44. The third-order valence-corrected chi connectivity index (χ3v) is 6.06. The molecule has 0 radical (unpaired) electrons. The van der Waals surface area contributed by atoms with Crippen molar-refractivity contribution in [2.45, 2.75) is 29.4 Å². The quantitative estimate of drug-likeness (QED) is 0.172. The number of aromatic nitrogens is 4. The highest BCUT2D eigenvalue weighted by molar-refractivity contribution is 7.86. The van der Waals surface area contributed by atoms with Crippen LogP contribution in [0, 0.1) is 0 Å². The van der Waals surface area contributed by atoms with Gasteiger partial charge in [0.2, 0.25) is 11.8 Å². The average molecular weight is 512 g/mol. The number of hydrogen-bond donors (Lipinski definition) is 5. The zero-order valence-electron chi connectivity index (χ0n) is 17.9. The second kappa shape index (κ2) is 9.67. The molecule has 1 aliphatic rings. The first-order valence-electron chi connectivity index (χ1n) is 10.2. The number of nitrogens with one attached hydrogen (secondary N) is 1. The van der Waals surface area contributed by atoms with Gasteiger partial charge in [-0.05, 0) is 24.3 Å². The lowest BCUT2D eigenvalue weighted by Gasteiger charge is -2.16. The summed E-state index contributed by atoms with van der Waals surface area (Å²) in [5.41, 5.74) is 6.20. The lowest BCUT2D eigenvalue weighted by molar-refractivity contribution is -0.0511. The first kappa shape index (κ1) is 24.7. The van der Waals surface area contributed by atoms with Crippen molar-refractivity contribution in [1.82, 2.24) is 24.8 Å². The Morgan fingerprint density at radius 3 is 2.57 bits per heavy atom. The number of imidazole rings is 1. The van der Waals surface area contributed by atoms with E-state index in [2.05, 4.69) is 20.3 Å². The number of aliphatic hydroxyl groups is 3. The van der Waals surface area contributed by atoms with Gasteiger partial charge in [0, 0.05) is 5.56 Å². The molecule has 188 valence electrons. The summed E-state index contributed by atoms with van der Waals surface area (Å²) in [7, 11) is -4.86. The fourth-order valence-electron chi connectivity index (χ4n) is 3.49. The second-order valence-corrected chi connectivity index (χ2v) is 8.85. The number of benzene rings is 1. The predicted molar refractivity (Wildman–Crippen MR) is 115 cm³/mol. The molecule has 4 rings (SSSR count). The van der Waals surface area contributed by atoms with E-state index < -0.39 is 52.2 Å². The van der Waals surface area contributed by atoms with E-state index >= 15 is 0 Å². The lowest BCUT2D eigenvalue weighted by Crippen LogP contribution is -2.33. The van der Waals surface area contributed by atoms with E-state index in [-0.39, 0.29) is 41.7 Å². The number of amides is 1. The third-order valence-electron chi connectivity index (χ3n) is 5.22. The van der Waals surface area contributed by atoms with Crippen LogP contribution in [0.2, 0.25) is 0 Å². The highest BCUT2D eigenvalue weighted by Gasteiger charge is 2.44. The minimum atomic E-state index is -4.86. The zero-order valence-corrected chi connectivity index (χ0v) is 18.7. The maximum absolute atomic E-state index is 13.0. The SMILES string of the molecule is Nc1nc(OCCNC(=O)c2ccc(S(=O)(=O)F)cc2)c2ncn([C@@H]3O[C@H](CO)[C@@H](O)[C@H]3O)c2n1. The van der Waals surface area contributed by atoms with Gasteiger partial charge in [-0.25, -0.2) is 4.98 Å². The molecule has 0 saturated carbocycles. The van der Waals surface area contributed by atoms with Crippen LogP contribution in [0.25, 0.3) is 11.2 Å². The molecule has 16 heteroatoms. The lowest BCUT2D eigenvalue weighted by atomic mass is 10.1. The first-order chi connectivity index (χ1) is 16.6. The normalized spacial score (nSPS) is 22.4. The van der Waals surface area contributed by atoms with Gasteiger partial charge in [-0.3, -0.25) is 9.36 Å². The summed E-state index contributed by atoms with van der Waals surface area (Å²) in [5, 5.41) is 32.1. The second-order valence-electron chi connectivity index (χ2n) is 7.51. The van der Waals surface area contributed by atoms with Crippen molar-refractivity contribution in [3.8, 4) is 5.88 Å². The molecule has 1 fully saturated rings. The minimum Gasteiger partial charge on any atom is -0.474 e. The standard InChI is InChI=1S/C19H21FN6O8S/c20-35(31,32)10-3-1-9(2-4-10)16(30)22-5-6-33-17-12-15(24-19(21)25-17)26(8-23-12)18-14(29)13(28)11(7-27)34-18/h1-4,8,11,13-14,18,27-29H,5-7H2,(H,22,30)(H2,21,24,25)/t11-,13-,14-,18-/m1/s1.